The van der Waals surface area contributed by atoms with E-state index in [0.717, 1.165) is 57.3 Å². The Morgan fingerprint density at radius 3 is 1.61 bits per heavy atom. The van der Waals surface area contributed by atoms with Crippen molar-refractivity contribution in [1.82, 2.24) is 0 Å². The Bertz CT molecular complexity index is 1240. The van der Waals surface area contributed by atoms with Gasteiger partial charge in [0.05, 0.1) is 25.9 Å². The molecule has 0 aromatic carbocycles. The number of unbranched alkanes of at least 4 members (excludes halogenated alkanes) is 12. The number of ether oxygens (including phenoxy) is 2. The fourth-order valence-corrected chi connectivity index (χ4v) is 6.49. The van der Waals surface area contributed by atoms with Crippen molar-refractivity contribution >= 4 is 19.8 Å². The van der Waals surface area contributed by atoms with Crippen molar-refractivity contribution in [3.05, 3.63) is 72.9 Å². The number of allylic oxidation sites excluding steroid dienone is 11. The fourth-order valence-electron chi connectivity index (χ4n) is 5.70. The second-order valence-corrected chi connectivity index (χ2v) is 16.8. The summed E-state index contributed by atoms with van der Waals surface area (Å²) in [4.78, 5) is 35.0. The van der Waals surface area contributed by atoms with Gasteiger partial charge < -0.3 is 29.7 Å². The summed E-state index contributed by atoms with van der Waals surface area (Å²) in [5.74, 6) is -0.407. The first kappa shape index (κ1) is 56.4. The molecule has 0 aromatic heterocycles. The highest BCUT2D eigenvalue weighted by Gasteiger charge is 2.27. The van der Waals surface area contributed by atoms with Crippen LogP contribution in [0.2, 0.25) is 0 Å². The Morgan fingerprint density at radius 2 is 1.08 bits per heavy atom. The monoisotopic (exact) mass is 853 g/mol. The number of phosphoric ester groups is 1. The van der Waals surface area contributed by atoms with E-state index < -0.39 is 64.5 Å². The normalized spacial score (nSPS) is 15.1. The molecule has 0 saturated heterocycles. The number of carbonyl (C=O) groups excluding carboxylic acids is 2. The van der Waals surface area contributed by atoms with Gasteiger partial charge in [-0.05, 0) is 50.9 Å². The van der Waals surface area contributed by atoms with Crippen molar-refractivity contribution in [1.29, 1.82) is 0 Å². The third-order valence-corrected chi connectivity index (χ3v) is 10.1. The minimum atomic E-state index is -4.68. The first-order valence-electron chi connectivity index (χ1n) is 22.4. The van der Waals surface area contributed by atoms with Crippen LogP contribution < -0.4 is 0 Å². The summed E-state index contributed by atoms with van der Waals surface area (Å²) in [7, 11) is -4.68. The van der Waals surface area contributed by atoms with E-state index in [2.05, 4.69) is 73.9 Å². The zero-order valence-corrected chi connectivity index (χ0v) is 37.6. The van der Waals surface area contributed by atoms with E-state index in [1.807, 2.05) is 12.2 Å². The lowest BCUT2D eigenvalue weighted by molar-refractivity contribution is -0.161. The van der Waals surface area contributed by atoms with Crippen LogP contribution in [0.1, 0.15) is 162 Å². The van der Waals surface area contributed by atoms with Gasteiger partial charge in [0.2, 0.25) is 0 Å². The second kappa shape index (κ2) is 40.8. The third-order valence-electron chi connectivity index (χ3n) is 9.17. The molecule has 12 heteroatoms. The van der Waals surface area contributed by atoms with Crippen LogP contribution in [0, 0.1) is 5.92 Å². The van der Waals surface area contributed by atoms with Gasteiger partial charge in [0.15, 0.2) is 6.10 Å². The molecule has 0 spiro atoms. The number of phosphoric acid groups is 1. The minimum Gasteiger partial charge on any atom is -0.462 e. The molecular formula is C47H81O11P. The Hall–Kier alpha value is -2.63. The molecule has 4 atom stereocenters. The van der Waals surface area contributed by atoms with E-state index in [-0.39, 0.29) is 19.3 Å². The van der Waals surface area contributed by atoms with Crippen molar-refractivity contribution < 1.29 is 52.9 Å². The zero-order valence-electron chi connectivity index (χ0n) is 36.7. The van der Waals surface area contributed by atoms with E-state index in [1.54, 1.807) is 12.2 Å². The minimum absolute atomic E-state index is 0.104. The molecule has 11 nitrogen and oxygen atoms in total. The van der Waals surface area contributed by atoms with E-state index in [4.69, 9.17) is 19.1 Å². The summed E-state index contributed by atoms with van der Waals surface area (Å²) >= 11 is 0. The third kappa shape index (κ3) is 41.9. The molecule has 0 amide bonds. The summed E-state index contributed by atoms with van der Waals surface area (Å²) in [6.45, 7) is 4.31. The lowest BCUT2D eigenvalue weighted by Crippen LogP contribution is -2.30. The molecule has 2 unspecified atom stereocenters. The van der Waals surface area contributed by atoms with Crippen molar-refractivity contribution in [2.24, 2.45) is 5.92 Å². The summed E-state index contributed by atoms with van der Waals surface area (Å²) in [6.07, 6.45) is 42.0. The average molecular weight is 853 g/mol. The number of esters is 2. The molecule has 0 fully saturated rings. The predicted octanol–water partition coefficient (Wildman–Crippen LogP) is 10.9. The number of hydrogen-bond acceptors (Lipinski definition) is 10. The summed E-state index contributed by atoms with van der Waals surface area (Å²) in [5.41, 5.74) is 0. The number of hydrogen-bond donors (Lipinski definition) is 4. The van der Waals surface area contributed by atoms with Crippen molar-refractivity contribution in [3.8, 4) is 0 Å². The Balaban J connectivity index is 4.51. The Labute approximate surface area is 357 Å². The van der Waals surface area contributed by atoms with Crippen LogP contribution >= 0.6 is 7.82 Å². The maximum absolute atomic E-state index is 12.6. The molecule has 0 aliphatic rings. The van der Waals surface area contributed by atoms with Gasteiger partial charge in [0.1, 0.15) is 12.7 Å². The van der Waals surface area contributed by atoms with E-state index in [1.165, 1.54) is 64.2 Å². The molecule has 0 aliphatic carbocycles. The van der Waals surface area contributed by atoms with Crippen LogP contribution in [0.15, 0.2) is 72.9 Å². The van der Waals surface area contributed by atoms with Gasteiger partial charge in [-0.15, -0.1) is 0 Å². The van der Waals surface area contributed by atoms with Crippen LogP contribution in [0.25, 0.3) is 0 Å². The molecule has 340 valence electrons. The number of aliphatic hydroxyl groups excluding tert-OH is 3. The van der Waals surface area contributed by atoms with Crippen LogP contribution in [0.4, 0.5) is 0 Å². The highest BCUT2D eigenvalue weighted by Crippen LogP contribution is 2.43. The Kier molecular flexibility index (Phi) is 38.9. The molecule has 0 saturated carbocycles. The molecule has 0 aromatic rings. The van der Waals surface area contributed by atoms with Crippen LogP contribution in [0.5, 0.6) is 0 Å². The first-order chi connectivity index (χ1) is 28.5. The average Bonchev–Trinajstić information content (AvgIpc) is 3.21. The quantitative estimate of drug-likeness (QED) is 0.0152. The van der Waals surface area contributed by atoms with Gasteiger partial charge in [-0.3, -0.25) is 18.6 Å². The topological polar surface area (TPSA) is 169 Å². The molecule has 0 heterocycles. The maximum atomic E-state index is 12.6. The van der Waals surface area contributed by atoms with Gasteiger partial charge >= 0.3 is 19.8 Å². The smallest absolute Gasteiger partial charge is 0.462 e. The summed E-state index contributed by atoms with van der Waals surface area (Å²) in [5, 5.41) is 28.6. The molecule has 59 heavy (non-hydrogen) atoms. The van der Waals surface area contributed by atoms with E-state index >= 15 is 0 Å². The lowest BCUT2D eigenvalue weighted by atomic mass is 10.0. The summed E-state index contributed by atoms with van der Waals surface area (Å²) < 4.78 is 32.6. The van der Waals surface area contributed by atoms with Crippen molar-refractivity contribution in [2.75, 3.05) is 26.4 Å². The molecule has 4 N–H and O–H groups in total. The van der Waals surface area contributed by atoms with Gasteiger partial charge in [-0.2, -0.15) is 0 Å². The van der Waals surface area contributed by atoms with Gasteiger partial charge in [-0.1, -0.05) is 177 Å². The Morgan fingerprint density at radius 1 is 0.593 bits per heavy atom. The standard InChI is InChI=1S/C47H81O11P/c1-4-5-6-7-8-9-10-11-12-13-16-19-22-25-28-31-34-43(49)36-37-46(51)55-40-45(41-57-59(53,54)56-39-44(50)38-48)58-47(52)35-32-29-26-23-20-17-14-15-18-21-24-27-30-33-42(2)3/h5-6,8-9,11-12,16,19,25,28,31,34,42-45,48-50H,4,7,10,13-15,17-18,20-24,26-27,29-30,32-33,35-41H2,1-3H3,(H,53,54)/b6-5-,9-8-,12-11-,19-16-,28-25-,34-31-/t43?,44-,45+/m0/s1. The molecule has 0 bridgehead atoms. The van der Waals surface area contributed by atoms with Crippen molar-refractivity contribution in [3.63, 3.8) is 0 Å². The molecule has 0 rings (SSSR count). The van der Waals surface area contributed by atoms with Gasteiger partial charge in [0, 0.05) is 12.8 Å². The van der Waals surface area contributed by atoms with Crippen LogP contribution in [-0.2, 0) is 32.7 Å². The number of rotatable bonds is 40. The predicted molar refractivity (Wildman–Crippen MR) is 239 cm³/mol. The number of carbonyl (C=O) groups is 2. The largest absolute Gasteiger partial charge is 0.472 e. The van der Waals surface area contributed by atoms with E-state index in [9.17, 15) is 29.3 Å². The molecular weight excluding hydrogens is 771 g/mol. The van der Waals surface area contributed by atoms with Crippen LogP contribution in [-0.4, -0.2) is 76.9 Å². The van der Waals surface area contributed by atoms with Gasteiger partial charge in [-0.25, -0.2) is 4.57 Å². The van der Waals surface area contributed by atoms with Gasteiger partial charge in [0.25, 0.3) is 0 Å². The highest BCUT2D eigenvalue weighted by atomic mass is 31.2. The van der Waals surface area contributed by atoms with E-state index in [0.29, 0.717) is 6.42 Å². The molecule has 0 radical (unpaired) electrons. The summed E-state index contributed by atoms with van der Waals surface area (Å²) in [6, 6.07) is 0. The fraction of sp³-hybridized carbons (Fsp3) is 0.702. The van der Waals surface area contributed by atoms with Crippen molar-refractivity contribution in [2.45, 2.75) is 180 Å². The highest BCUT2D eigenvalue weighted by molar-refractivity contribution is 7.47. The second-order valence-electron chi connectivity index (χ2n) is 15.4. The number of aliphatic hydroxyl groups is 3. The lowest BCUT2D eigenvalue weighted by Gasteiger charge is -2.20. The SMILES string of the molecule is CC/C=C\C/C=C\C/C=C\C/C=C\C/C=C\C=C/C(O)CCC(=O)OC[C@H](COP(=O)(O)OC[C@@H](O)CO)OC(=O)CCCCCCCCCCCCCCCC(C)C. The first-order valence-corrected chi connectivity index (χ1v) is 23.9. The maximum Gasteiger partial charge on any atom is 0.472 e. The van der Waals surface area contributed by atoms with Crippen LogP contribution in [0.3, 0.4) is 0 Å². The zero-order chi connectivity index (χ0) is 43.7. The molecule has 0 aliphatic heterocycles.